The Morgan fingerprint density at radius 3 is 2.88 bits per heavy atom. The molecule has 2 fully saturated rings. The summed E-state index contributed by atoms with van der Waals surface area (Å²) in [5, 5.41) is 0. The van der Waals surface area contributed by atoms with Crippen LogP contribution in [0.5, 0.6) is 0 Å². The Hall–Kier alpha value is -1.09. The molecule has 1 saturated carbocycles. The molecule has 17 heavy (non-hydrogen) atoms. The maximum atomic E-state index is 5.58. The van der Waals surface area contributed by atoms with Gasteiger partial charge in [0.05, 0.1) is 17.6 Å². The zero-order valence-electron chi connectivity index (χ0n) is 10.3. The summed E-state index contributed by atoms with van der Waals surface area (Å²) in [6, 6.07) is 5.02. The molecule has 0 aromatic carbocycles. The second kappa shape index (κ2) is 4.65. The lowest BCUT2D eigenvalue weighted by molar-refractivity contribution is 0.342. The standard InChI is InChI=1S/C14H21N3/c15-9-12-5-6-13(10-16-12)17-8-7-11-3-1-2-4-14(11)17/h5-6,10-11,14H,1-4,7-9,15H2. The van der Waals surface area contributed by atoms with Crippen molar-refractivity contribution in [2.75, 3.05) is 11.4 Å². The predicted octanol–water partition coefficient (Wildman–Crippen LogP) is 2.31. The third-order valence-electron chi connectivity index (χ3n) is 4.36. The van der Waals surface area contributed by atoms with Crippen LogP contribution in [-0.4, -0.2) is 17.6 Å². The summed E-state index contributed by atoms with van der Waals surface area (Å²) in [4.78, 5) is 6.98. The molecular weight excluding hydrogens is 210 g/mol. The predicted molar refractivity (Wildman–Crippen MR) is 69.8 cm³/mol. The number of aromatic nitrogens is 1. The van der Waals surface area contributed by atoms with Crippen molar-refractivity contribution < 1.29 is 0 Å². The third-order valence-corrected chi connectivity index (χ3v) is 4.36. The third kappa shape index (κ3) is 2.04. The summed E-state index contributed by atoms with van der Waals surface area (Å²) >= 11 is 0. The molecule has 2 heterocycles. The van der Waals surface area contributed by atoms with Gasteiger partial charge in [0.1, 0.15) is 0 Å². The van der Waals surface area contributed by atoms with Crippen molar-refractivity contribution in [2.24, 2.45) is 11.7 Å². The highest BCUT2D eigenvalue weighted by Gasteiger charge is 2.35. The fraction of sp³-hybridized carbons (Fsp3) is 0.643. The Morgan fingerprint density at radius 1 is 1.24 bits per heavy atom. The van der Waals surface area contributed by atoms with E-state index in [-0.39, 0.29) is 0 Å². The number of nitrogens with zero attached hydrogens (tertiary/aromatic N) is 2. The van der Waals surface area contributed by atoms with Crippen LogP contribution < -0.4 is 10.6 Å². The molecule has 2 atom stereocenters. The Bertz CT molecular complexity index is 374. The zero-order chi connectivity index (χ0) is 11.7. The fourth-order valence-corrected chi connectivity index (χ4v) is 3.43. The van der Waals surface area contributed by atoms with Crippen LogP contribution in [0, 0.1) is 5.92 Å². The van der Waals surface area contributed by atoms with E-state index < -0.39 is 0 Å². The molecule has 92 valence electrons. The topological polar surface area (TPSA) is 42.1 Å². The summed E-state index contributed by atoms with van der Waals surface area (Å²) in [7, 11) is 0. The van der Waals surface area contributed by atoms with Gasteiger partial charge in [-0.05, 0) is 37.3 Å². The van der Waals surface area contributed by atoms with Crippen LogP contribution in [0.4, 0.5) is 5.69 Å². The highest BCUT2D eigenvalue weighted by atomic mass is 15.2. The number of hydrogen-bond donors (Lipinski definition) is 1. The van der Waals surface area contributed by atoms with Crippen molar-refractivity contribution in [3.63, 3.8) is 0 Å². The molecule has 0 bridgehead atoms. The molecule has 0 amide bonds. The molecule has 3 nitrogen and oxygen atoms in total. The minimum absolute atomic E-state index is 0.534. The number of pyridine rings is 1. The van der Waals surface area contributed by atoms with E-state index in [4.69, 9.17) is 5.73 Å². The van der Waals surface area contributed by atoms with E-state index >= 15 is 0 Å². The molecule has 3 heteroatoms. The Labute approximate surface area is 103 Å². The first kappa shape index (κ1) is 11.0. The summed E-state index contributed by atoms with van der Waals surface area (Å²) < 4.78 is 0. The second-order valence-corrected chi connectivity index (χ2v) is 5.31. The number of fused-ring (bicyclic) bond motifs is 1. The van der Waals surface area contributed by atoms with Crippen LogP contribution in [0.2, 0.25) is 0 Å². The number of hydrogen-bond acceptors (Lipinski definition) is 3. The van der Waals surface area contributed by atoms with Crippen molar-refractivity contribution in [3.8, 4) is 0 Å². The minimum atomic E-state index is 0.534. The van der Waals surface area contributed by atoms with Gasteiger partial charge in [-0.25, -0.2) is 0 Å². The van der Waals surface area contributed by atoms with Crippen molar-refractivity contribution in [2.45, 2.75) is 44.7 Å². The maximum Gasteiger partial charge on any atom is 0.0555 e. The molecule has 1 aromatic rings. The molecule has 0 spiro atoms. The van der Waals surface area contributed by atoms with Gasteiger partial charge in [0.25, 0.3) is 0 Å². The number of rotatable bonds is 2. The van der Waals surface area contributed by atoms with Crippen LogP contribution >= 0.6 is 0 Å². The maximum absolute atomic E-state index is 5.58. The number of anilines is 1. The van der Waals surface area contributed by atoms with E-state index in [1.807, 2.05) is 6.20 Å². The van der Waals surface area contributed by atoms with Crippen molar-refractivity contribution in [3.05, 3.63) is 24.0 Å². The van der Waals surface area contributed by atoms with Gasteiger partial charge in [-0.15, -0.1) is 0 Å². The van der Waals surface area contributed by atoms with E-state index in [0.717, 1.165) is 17.7 Å². The largest absolute Gasteiger partial charge is 0.367 e. The van der Waals surface area contributed by atoms with Crippen LogP contribution in [0.15, 0.2) is 18.3 Å². The van der Waals surface area contributed by atoms with Crippen LogP contribution in [0.3, 0.4) is 0 Å². The lowest BCUT2D eigenvalue weighted by Gasteiger charge is -2.33. The Kier molecular flexibility index (Phi) is 3.02. The van der Waals surface area contributed by atoms with Crippen LogP contribution in [-0.2, 0) is 6.54 Å². The summed E-state index contributed by atoms with van der Waals surface area (Å²) in [5.74, 6) is 0.929. The van der Waals surface area contributed by atoms with Crippen molar-refractivity contribution in [1.29, 1.82) is 0 Å². The highest BCUT2D eigenvalue weighted by molar-refractivity contribution is 5.47. The van der Waals surface area contributed by atoms with E-state index in [9.17, 15) is 0 Å². The first-order valence-corrected chi connectivity index (χ1v) is 6.80. The van der Waals surface area contributed by atoms with E-state index in [1.165, 1.54) is 44.3 Å². The molecule has 3 rings (SSSR count). The smallest absolute Gasteiger partial charge is 0.0555 e. The zero-order valence-corrected chi connectivity index (χ0v) is 10.3. The number of nitrogens with two attached hydrogens (primary N) is 1. The summed E-state index contributed by atoms with van der Waals surface area (Å²) in [5.41, 5.74) is 7.85. The first-order valence-electron chi connectivity index (χ1n) is 6.80. The van der Waals surface area contributed by atoms with Gasteiger partial charge in [-0.2, -0.15) is 0 Å². The van der Waals surface area contributed by atoms with Gasteiger partial charge in [0.15, 0.2) is 0 Å². The van der Waals surface area contributed by atoms with Gasteiger partial charge in [-0.3, -0.25) is 4.98 Å². The minimum Gasteiger partial charge on any atom is -0.367 e. The van der Waals surface area contributed by atoms with Gasteiger partial charge >= 0.3 is 0 Å². The quantitative estimate of drug-likeness (QED) is 0.849. The molecule has 2 aliphatic rings. The SMILES string of the molecule is NCc1ccc(N2CCC3CCCCC32)cn1. The monoisotopic (exact) mass is 231 g/mol. The van der Waals surface area contributed by atoms with Gasteiger partial charge in [0.2, 0.25) is 0 Å². The summed E-state index contributed by atoms with van der Waals surface area (Å²) in [6.07, 6.45) is 8.98. The Balaban J connectivity index is 1.78. The highest BCUT2D eigenvalue weighted by Crippen LogP contribution is 2.38. The normalized spacial score (nSPS) is 28.2. The molecule has 1 aliphatic heterocycles. The molecule has 1 aromatic heterocycles. The molecule has 1 aliphatic carbocycles. The lowest BCUT2D eigenvalue weighted by Crippen LogP contribution is -2.34. The van der Waals surface area contributed by atoms with E-state index in [0.29, 0.717) is 6.54 Å². The first-order chi connectivity index (χ1) is 8.38. The van der Waals surface area contributed by atoms with Crippen LogP contribution in [0.1, 0.15) is 37.8 Å². The van der Waals surface area contributed by atoms with Crippen molar-refractivity contribution in [1.82, 2.24) is 4.98 Å². The molecule has 2 N–H and O–H groups in total. The molecule has 0 radical (unpaired) electrons. The van der Waals surface area contributed by atoms with Gasteiger partial charge in [-0.1, -0.05) is 12.8 Å². The molecular formula is C14H21N3. The van der Waals surface area contributed by atoms with Crippen molar-refractivity contribution >= 4 is 5.69 Å². The summed E-state index contributed by atoms with van der Waals surface area (Å²) in [6.45, 7) is 1.74. The average Bonchev–Trinajstić information content (AvgIpc) is 2.83. The van der Waals surface area contributed by atoms with Gasteiger partial charge in [0, 0.05) is 19.1 Å². The lowest BCUT2D eigenvalue weighted by atomic mass is 9.85. The average molecular weight is 231 g/mol. The Morgan fingerprint density at radius 2 is 2.12 bits per heavy atom. The van der Waals surface area contributed by atoms with E-state index in [2.05, 4.69) is 22.0 Å². The second-order valence-electron chi connectivity index (χ2n) is 5.31. The fourth-order valence-electron chi connectivity index (χ4n) is 3.43. The van der Waals surface area contributed by atoms with Gasteiger partial charge < -0.3 is 10.6 Å². The molecule has 2 unspecified atom stereocenters. The molecule has 1 saturated heterocycles. The van der Waals surface area contributed by atoms with E-state index in [1.54, 1.807) is 0 Å². The van der Waals surface area contributed by atoms with Crippen LogP contribution in [0.25, 0.3) is 0 Å².